The van der Waals surface area contributed by atoms with Crippen LogP contribution in [0.3, 0.4) is 0 Å². The van der Waals surface area contributed by atoms with Crippen molar-refractivity contribution in [3.8, 4) is 17.0 Å². The van der Waals surface area contributed by atoms with Gasteiger partial charge in [-0.2, -0.15) is 5.10 Å². The summed E-state index contributed by atoms with van der Waals surface area (Å²) < 4.78 is 22.4. The van der Waals surface area contributed by atoms with Crippen LogP contribution < -0.4 is 10.1 Å². The third-order valence-electron chi connectivity index (χ3n) is 4.71. The molecule has 0 spiro atoms. The lowest BCUT2D eigenvalue weighted by atomic mass is 10.1. The van der Waals surface area contributed by atoms with Crippen molar-refractivity contribution in [2.45, 2.75) is 19.5 Å². The first-order chi connectivity index (χ1) is 14.1. The van der Waals surface area contributed by atoms with Gasteiger partial charge >= 0.3 is 0 Å². The predicted octanol–water partition coefficient (Wildman–Crippen LogP) is 2.91. The van der Waals surface area contributed by atoms with E-state index in [1.807, 2.05) is 25.3 Å². The van der Waals surface area contributed by atoms with E-state index in [2.05, 4.69) is 20.7 Å². The van der Waals surface area contributed by atoms with Crippen LogP contribution in [-0.2, 0) is 6.54 Å². The molecule has 0 bridgehead atoms. The Bertz CT molecular complexity index is 1140. The van der Waals surface area contributed by atoms with E-state index >= 15 is 0 Å². The maximum absolute atomic E-state index is 13.7. The molecule has 9 heteroatoms. The number of benzene rings is 1. The summed E-state index contributed by atoms with van der Waals surface area (Å²) in [6, 6.07) is 8.14. The van der Waals surface area contributed by atoms with Gasteiger partial charge in [-0.25, -0.2) is 13.6 Å². The third kappa shape index (κ3) is 3.77. The second-order valence-electron chi connectivity index (χ2n) is 6.65. The van der Waals surface area contributed by atoms with Gasteiger partial charge in [0.25, 0.3) is 0 Å². The van der Waals surface area contributed by atoms with Crippen molar-refractivity contribution in [3.05, 3.63) is 60.3 Å². The molecule has 0 amide bonds. The van der Waals surface area contributed by atoms with E-state index in [1.54, 1.807) is 34.8 Å². The van der Waals surface area contributed by atoms with Gasteiger partial charge < -0.3 is 15.2 Å². The van der Waals surface area contributed by atoms with Crippen molar-refractivity contribution in [1.82, 2.24) is 24.6 Å². The molecule has 2 N–H and O–H groups in total. The number of methoxy groups -OCH3 is 1. The SMILES string of the molecule is COc1ccc(F)cc1C(C)Nc1ccn2ncc(-c3cn(CCO)nn3)c2c1. The Morgan fingerprint density at radius 3 is 2.93 bits per heavy atom. The summed E-state index contributed by atoms with van der Waals surface area (Å²) in [6.45, 7) is 2.32. The predicted molar refractivity (Wildman–Crippen MR) is 106 cm³/mol. The topological polar surface area (TPSA) is 89.5 Å². The first kappa shape index (κ1) is 18.9. The normalized spacial score (nSPS) is 12.3. The van der Waals surface area contributed by atoms with Crippen molar-refractivity contribution < 1.29 is 14.2 Å². The van der Waals surface area contributed by atoms with Crippen LogP contribution in [0.5, 0.6) is 5.75 Å². The number of pyridine rings is 1. The number of aliphatic hydroxyl groups excluding tert-OH is 1. The molecule has 4 aromatic rings. The number of halogens is 1. The average molecular weight is 396 g/mol. The van der Waals surface area contributed by atoms with Gasteiger partial charge in [-0.05, 0) is 37.3 Å². The molecule has 0 aliphatic rings. The molecule has 0 aliphatic heterocycles. The molecule has 8 nitrogen and oxygen atoms in total. The standard InChI is InChI=1S/C20H21FN6O2/c1-13(16-9-14(21)3-4-20(16)29-2)23-15-5-6-27-19(10-15)17(11-22-27)18-12-26(7-8-28)25-24-18/h3-6,9-13,23,28H,7-8H2,1-2H3. The number of aromatic nitrogens is 5. The maximum atomic E-state index is 13.7. The Balaban J connectivity index is 1.64. The molecule has 1 unspecified atom stereocenters. The quantitative estimate of drug-likeness (QED) is 0.499. The van der Waals surface area contributed by atoms with E-state index in [9.17, 15) is 4.39 Å². The first-order valence-electron chi connectivity index (χ1n) is 9.18. The van der Waals surface area contributed by atoms with Crippen LogP contribution >= 0.6 is 0 Å². The van der Waals surface area contributed by atoms with E-state index in [0.717, 1.165) is 22.3 Å². The molecule has 3 heterocycles. The Kier molecular flexibility index (Phi) is 5.13. The number of nitrogens with zero attached hydrogens (tertiary/aromatic N) is 5. The van der Waals surface area contributed by atoms with Crippen LogP contribution in [0.15, 0.2) is 48.9 Å². The van der Waals surface area contributed by atoms with Gasteiger partial charge in [-0.1, -0.05) is 5.21 Å². The molecular formula is C20H21FN6O2. The monoisotopic (exact) mass is 396 g/mol. The number of ether oxygens (including phenoxy) is 1. The number of nitrogens with one attached hydrogen (secondary N) is 1. The highest BCUT2D eigenvalue weighted by atomic mass is 19.1. The van der Waals surface area contributed by atoms with Crippen LogP contribution in [0.2, 0.25) is 0 Å². The summed E-state index contributed by atoms with van der Waals surface area (Å²) in [7, 11) is 1.57. The number of fused-ring (bicyclic) bond motifs is 1. The van der Waals surface area contributed by atoms with Crippen LogP contribution in [-0.4, -0.2) is 43.4 Å². The highest BCUT2D eigenvalue weighted by Gasteiger charge is 2.15. The smallest absolute Gasteiger partial charge is 0.124 e. The van der Waals surface area contributed by atoms with E-state index in [-0.39, 0.29) is 18.5 Å². The maximum Gasteiger partial charge on any atom is 0.124 e. The minimum atomic E-state index is -0.311. The second kappa shape index (κ2) is 7.88. The van der Waals surface area contributed by atoms with Crippen molar-refractivity contribution in [2.24, 2.45) is 0 Å². The largest absolute Gasteiger partial charge is 0.496 e. The molecule has 0 radical (unpaired) electrons. The van der Waals surface area contributed by atoms with Gasteiger partial charge in [0.15, 0.2) is 0 Å². The molecule has 0 saturated carbocycles. The van der Waals surface area contributed by atoms with Crippen molar-refractivity contribution in [1.29, 1.82) is 0 Å². The average Bonchev–Trinajstić information content (AvgIpc) is 3.34. The fourth-order valence-corrected chi connectivity index (χ4v) is 3.27. The molecule has 0 fully saturated rings. The van der Waals surface area contributed by atoms with E-state index < -0.39 is 0 Å². The van der Waals surface area contributed by atoms with E-state index in [0.29, 0.717) is 18.0 Å². The zero-order valence-electron chi connectivity index (χ0n) is 16.1. The number of aliphatic hydroxyl groups is 1. The van der Waals surface area contributed by atoms with E-state index in [4.69, 9.17) is 9.84 Å². The van der Waals surface area contributed by atoms with E-state index in [1.165, 1.54) is 12.1 Å². The molecule has 0 aliphatic carbocycles. The fourth-order valence-electron chi connectivity index (χ4n) is 3.27. The Hall–Kier alpha value is -3.46. The minimum Gasteiger partial charge on any atom is -0.496 e. The van der Waals surface area contributed by atoms with Gasteiger partial charge in [-0.3, -0.25) is 0 Å². The van der Waals surface area contributed by atoms with Gasteiger partial charge in [0, 0.05) is 23.0 Å². The molecule has 1 aromatic carbocycles. The number of hydrogen-bond donors (Lipinski definition) is 2. The number of anilines is 1. The Labute approximate surface area is 166 Å². The van der Waals surface area contributed by atoms with Crippen molar-refractivity contribution in [3.63, 3.8) is 0 Å². The number of hydrogen-bond acceptors (Lipinski definition) is 6. The lowest BCUT2D eigenvalue weighted by Crippen LogP contribution is -2.09. The van der Waals surface area contributed by atoms with Crippen molar-refractivity contribution >= 4 is 11.2 Å². The zero-order chi connectivity index (χ0) is 20.4. The number of rotatable bonds is 7. The third-order valence-corrected chi connectivity index (χ3v) is 4.71. The van der Waals surface area contributed by atoms with Gasteiger partial charge in [-0.15, -0.1) is 5.10 Å². The highest BCUT2D eigenvalue weighted by molar-refractivity contribution is 5.79. The summed E-state index contributed by atoms with van der Waals surface area (Å²) >= 11 is 0. The lowest BCUT2D eigenvalue weighted by Gasteiger charge is -2.18. The van der Waals surface area contributed by atoms with Crippen LogP contribution in [0.4, 0.5) is 10.1 Å². The fraction of sp³-hybridized carbons (Fsp3) is 0.250. The van der Waals surface area contributed by atoms with Crippen LogP contribution in [0.1, 0.15) is 18.5 Å². The first-order valence-corrected chi connectivity index (χ1v) is 9.18. The Morgan fingerprint density at radius 1 is 1.28 bits per heavy atom. The van der Waals surface area contributed by atoms with Crippen LogP contribution in [0, 0.1) is 5.82 Å². The zero-order valence-corrected chi connectivity index (χ0v) is 16.1. The van der Waals surface area contributed by atoms with Crippen molar-refractivity contribution in [2.75, 3.05) is 19.0 Å². The van der Waals surface area contributed by atoms with Gasteiger partial charge in [0.1, 0.15) is 17.3 Å². The lowest BCUT2D eigenvalue weighted by molar-refractivity contribution is 0.268. The van der Waals surface area contributed by atoms with Gasteiger partial charge in [0.2, 0.25) is 0 Å². The minimum absolute atomic E-state index is 0.00689. The molecular weight excluding hydrogens is 375 g/mol. The van der Waals surface area contributed by atoms with Crippen LogP contribution in [0.25, 0.3) is 16.8 Å². The summed E-state index contributed by atoms with van der Waals surface area (Å²) in [5, 5.41) is 25.0. The summed E-state index contributed by atoms with van der Waals surface area (Å²) in [6.07, 6.45) is 5.34. The molecule has 150 valence electrons. The Morgan fingerprint density at radius 2 is 2.14 bits per heavy atom. The highest BCUT2D eigenvalue weighted by Crippen LogP contribution is 2.30. The molecule has 3 aromatic heterocycles. The molecule has 29 heavy (non-hydrogen) atoms. The molecule has 0 saturated heterocycles. The van der Waals surface area contributed by atoms with Gasteiger partial charge in [0.05, 0.1) is 44.2 Å². The molecule has 4 rings (SSSR count). The summed E-state index contributed by atoms with van der Waals surface area (Å²) in [4.78, 5) is 0. The molecule has 1 atom stereocenters. The summed E-state index contributed by atoms with van der Waals surface area (Å²) in [5.41, 5.74) is 3.93. The summed E-state index contributed by atoms with van der Waals surface area (Å²) in [5.74, 6) is 0.312. The second-order valence-corrected chi connectivity index (χ2v) is 6.65.